The summed E-state index contributed by atoms with van der Waals surface area (Å²) >= 11 is 0. The minimum absolute atomic E-state index is 0.0504. The molecule has 0 saturated carbocycles. The number of carboxylic acids is 2. The molecule has 0 amide bonds. The van der Waals surface area contributed by atoms with Gasteiger partial charge in [0.25, 0.3) is 0 Å². The van der Waals surface area contributed by atoms with Gasteiger partial charge in [-0.3, -0.25) is 0 Å². The molecule has 0 aliphatic carbocycles. The van der Waals surface area contributed by atoms with Gasteiger partial charge in [-0.1, -0.05) is 19.9 Å². The Bertz CT molecular complexity index is 463. The van der Waals surface area contributed by atoms with Crippen molar-refractivity contribution in [1.29, 1.82) is 0 Å². The SMILES string of the molecule is CCC(C)c1ccc(C(=O)O)c(C)c1C(=O)O. The monoisotopic (exact) mass is 236 g/mol. The van der Waals surface area contributed by atoms with Crippen LogP contribution in [0.25, 0.3) is 0 Å². The molecule has 1 aromatic rings. The molecule has 4 heteroatoms. The van der Waals surface area contributed by atoms with E-state index in [-0.39, 0.29) is 17.0 Å². The summed E-state index contributed by atoms with van der Waals surface area (Å²) in [6, 6.07) is 3.08. The third-order valence-electron chi connectivity index (χ3n) is 3.08. The van der Waals surface area contributed by atoms with Crippen LogP contribution in [0.1, 0.15) is 58.0 Å². The predicted molar refractivity (Wildman–Crippen MR) is 63.8 cm³/mol. The van der Waals surface area contributed by atoms with E-state index in [1.165, 1.54) is 6.07 Å². The van der Waals surface area contributed by atoms with E-state index in [0.29, 0.717) is 11.1 Å². The summed E-state index contributed by atoms with van der Waals surface area (Å²) in [6.07, 6.45) is 0.812. The van der Waals surface area contributed by atoms with Crippen LogP contribution in [0.5, 0.6) is 0 Å². The zero-order chi connectivity index (χ0) is 13.2. The highest BCUT2D eigenvalue weighted by Crippen LogP contribution is 2.27. The molecule has 1 rings (SSSR count). The maximum absolute atomic E-state index is 11.2. The highest BCUT2D eigenvalue weighted by molar-refractivity contribution is 5.97. The van der Waals surface area contributed by atoms with Crippen molar-refractivity contribution in [2.75, 3.05) is 0 Å². The van der Waals surface area contributed by atoms with Gasteiger partial charge in [-0.2, -0.15) is 0 Å². The molecule has 1 unspecified atom stereocenters. The van der Waals surface area contributed by atoms with E-state index in [1.54, 1.807) is 13.0 Å². The highest BCUT2D eigenvalue weighted by atomic mass is 16.4. The maximum Gasteiger partial charge on any atom is 0.336 e. The first-order chi connectivity index (χ1) is 7.90. The van der Waals surface area contributed by atoms with Crippen LogP contribution in [0.4, 0.5) is 0 Å². The molecule has 0 saturated heterocycles. The van der Waals surface area contributed by atoms with Crippen LogP contribution >= 0.6 is 0 Å². The zero-order valence-corrected chi connectivity index (χ0v) is 10.2. The Hall–Kier alpha value is -1.84. The van der Waals surface area contributed by atoms with E-state index in [1.807, 2.05) is 13.8 Å². The number of carboxylic acid groups (broad SMARTS) is 2. The topological polar surface area (TPSA) is 74.6 Å². The van der Waals surface area contributed by atoms with Gasteiger partial charge in [-0.15, -0.1) is 0 Å². The summed E-state index contributed by atoms with van der Waals surface area (Å²) in [4.78, 5) is 22.2. The number of aromatic carboxylic acids is 2. The summed E-state index contributed by atoms with van der Waals surface area (Å²) in [6.45, 7) is 5.44. The first-order valence-corrected chi connectivity index (χ1v) is 5.50. The van der Waals surface area contributed by atoms with E-state index >= 15 is 0 Å². The quantitative estimate of drug-likeness (QED) is 0.842. The minimum atomic E-state index is -1.10. The number of benzene rings is 1. The van der Waals surface area contributed by atoms with Crippen LogP contribution in [0.2, 0.25) is 0 Å². The largest absolute Gasteiger partial charge is 0.478 e. The normalized spacial score (nSPS) is 12.2. The van der Waals surface area contributed by atoms with Crippen LogP contribution in [-0.2, 0) is 0 Å². The summed E-state index contributed by atoms with van der Waals surface area (Å²) in [5.74, 6) is -2.07. The highest BCUT2D eigenvalue weighted by Gasteiger charge is 2.21. The fourth-order valence-corrected chi connectivity index (χ4v) is 1.88. The van der Waals surface area contributed by atoms with Crippen molar-refractivity contribution < 1.29 is 19.8 Å². The third-order valence-corrected chi connectivity index (χ3v) is 3.08. The number of hydrogen-bond donors (Lipinski definition) is 2. The lowest BCUT2D eigenvalue weighted by Crippen LogP contribution is -2.12. The van der Waals surface area contributed by atoms with Crippen molar-refractivity contribution in [1.82, 2.24) is 0 Å². The molecule has 1 aromatic carbocycles. The lowest BCUT2D eigenvalue weighted by Gasteiger charge is -2.15. The standard InChI is InChI=1S/C13H16O4/c1-4-7(2)9-5-6-10(12(14)15)8(3)11(9)13(16)17/h5-7H,4H2,1-3H3,(H,14,15)(H,16,17). The molecule has 0 aliphatic rings. The fraction of sp³-hybridized carbons (Fsp3) is 0.385. The van der Waals surface area contributed by atoms with Crippen molar-refractivity contribution in [3.05, 3.63) is 34.4 Å². The summed E-state index contributed by atoms with van der Waals surface area (Å²) < 4.78 is 0. The Kier molecular flexibility index (Phi) is 3.89. The summed E-state index contributed by atoms with van der Waals surface area (Å²) in [5, 5.41) is 18.2. The molecular formula is C13H16O4. The molecule has 2 N–H and O–H groups in total. The maximum atomic E-state index is 11.2. The van der Waals surface area contributed by atoms with Gasteiger partial charge in [0.2, 0.25) is 0 Å². The molecular weight excluding hydrogens is 220 g/mol. The molecule has 0 heterocycles. The molecule has 17 heavy (non-hydrogen) atoms. The zero-order valence-electron chi connectivity index (χ0n) is 10.2. The average molecular weight is 236 g/mol. The van der Waals surface area contributed by atoms with Crippen LogP contribution in [0.3, 0.4) is 0 Å². The Balaban J connectivity index is 3.50. The Morgan fingerprint density at radius 2 is 1.82 bits per heavy atom. The van der Waals surface area contributed by atoms with Crippen molar-refractivity contribution in [2.24, 2.45) is 0 Å². The fourth-order valence-electron chi connectivity index (χ4n) is 1.88. The molecule has 1 atom stereocenters. The minimum Gasteiger partial charge on any atom is -0.478 e. The summed E-state index contributed by atoms with van der Waals surface area (Å²) in [5.41, 5.74) is 1.19. The van der Waals surface area contributed by atoms with Crippen LogP contribution in [0.15, 0.2) is 12.1 Å². The van der Waals surface area contributed by atoms with Gasteiger partial charge in [0.1, 0.15) is 0 Å². The second-order valence-electron chi connectivity index (χ2n) is 4.12. The Labute approximate surface area is 99.9 Å². The van der Waals surface area contributed by atoms with Gasteiger partial charge >= 0.3 is 11.9 Å². The third kappa shape index (κ3) is 2.46. The van der Waals surface area contributed by atoms with Gasteiger partial charge in [0.05, 0.1) is 11.1 Å². The lowest BCUT2D eigenvalue weighted by molar-refractivity contribution is 0.0694. The molecule has 0 fully saturated rings. The predicted octanol–water partition coefficient (Wildman–Crippen LogP) is 2.90. The number of hydrogen-bond acceptors (Lipinski definition) is 2. The van der Waals surface area contributed by atoms with Gasteiger partial charge in [0.15, 0.2) is 0 Å². The van der Waals surface area contributed by atoms with Crippen molar-refractivity contribution in [3.63, 3.8) is 0 Å². The van der Waals surface area contributed by atoms with E-state index < -0.39 is 11.9 Å². The van der Waals surface area contributed by atoms with E-state index in [2.05, 4.69) is 0 Å². The first-order valence-electron chi connectivity index (χ1n) is 5.50. The van der Waals surface area contributed by atoms with Crippen molar-refractivity contribution in [3.8, 4) is 0 Å². The Morgan fingerprint density at radius 1 is 1.24 bits per heavy atom. The van der Waals surface area contributed by atoms with E-state index in [4.69, 9.17) is 5.11 Å². The lowest BCUT2D eigenvalue weighted by atomic mass is 9.89. The van der Waals surface area contributed by atoms with E-state index in [9.17, 15) is 14.7 Å². The first kappa shape index (κ1) is 13.2. The molecule has 4 nitrogen and oxygen atoms in total. The van der Waals surface area contributed by atoms with Crippen LogP contribution in [-0.4, -0.2) is 22.2 Å². The Morgan fingerprint density at radius 3 is 2.24 bits per heavy atom. The average Bonchev–Trinajstić information content (AvgIpc) is 2.26. The number of carbonyl (C=O) groups is 2. The van der Waals surface area contributed by atoms with Gasteiger partial charge in [0, 0.05) is 0 Å². The number of rotatable bonds is 4. The smallest absolute Gasteiger partial charge is 0.336 e. The van der Waals surface area contributed by atoms with Gasteiger partial charge < -0.3 is 10.2 Å². The van der Waals surface area contributed by atoms with Crippen LogP contribution < -0.4 is 0 Å². The van der Waals surface area contributed by atoms with Crippen molar-refractivity contribution in [2.45, 2.75) is 33.1 Å². The molecule has 0 radical (unpaired) electrons. The van der Waals surface area contributed by atoms with Crippen LogP contribution in [0, 0.1) is 6.92 Å². The van der Waals surface area contributed by atoms with Crippen molar-refractivity contribution >= 4 is 11.9 Å². The molecule has 0 aromatic heterocycles. The van der Waals surface area contributed by atoms with Gasteiger partial charge in [-0.25, -0.2) is 9.59 Å². The second kappa shape index (κ2) is 4.99. The molecule has 0 aliphatic heterocycles. The molecule has 0 spiro atoms. The molecule has 0 bridgehead atoms. The van der Waals surface area contributed by atoms with Gasteiger partial charge in [-0.05, 0) is 36.5 Å². The molecule has 92 valence electrons. The second-order valence-corrected chi connectivity index (χ2v) is 4.12. The summed E-state index contributed by atoms with van der Waals surface area (Å²) in [7, 11) is 0. The van der Waals surface area contributed by atoms with E-state index in [0.717, 1.165) is 6.42 Å².